The molecule has 0 rings (SSSR count). The Morgan fingerprint density at radius 1 is 0.288 bits per heavy atom. The minimum atomic E-state index is -1.06. The van der Waals surface area contributed by atoms with Crippen LogP contribution in [0.4, 0.5) is 0 Å². The van der Waals surface area contributed by atoms with E-state index in [1.54, 1.807) is 0 Å². The van der Waals surface area contributed by atoms with Crippen molar-refractivity contribution < 1.29 is 100 Å². The molecule has 0 fully saturated rings. The Kier molecular flexibility index (Phi) is 65.6. The number of hydrogen-bond acceptors (Lipinski definition) is 21. The number of hydrogen-bond donors (Lipinski definition) is 2. The molecule has 0 radical (unpaired) electrons. The van der Waals surface area contributed by atoms with Gasteiger partial charge in [0.1, 0.15) is 12.7 Å². The molecule has 0 bridgehead atoms. The van der Waals surface area contributed by atoms with Crippen molar-refractivity contribution in [3.63, 3.8) is 0 Å². The fourth-order valence-corrected chi connectivity index (χ4v) is 6.14. The van der Waals surface area contributed by atoms with Crippen molar-refractivity contribution >= 4 is 5.97 Å². The molecule has 1 unspecified atom stereocenters. The van der Waals surface area contributed by atoms with E-state index in [4.69, 9.17) is 95.5 Å². The summed E-state index contributed by atoms with van der Waals surface area (Å²) in [6.45, 7) is 18.2. The van der Waals surface area contributed by atoms with Gasteiger partial charge in [-0.25, -0.2) is 0 Å². The van der Waals surface area contributed by atoms with Gasteiger partial charge in [-0.15, -0.1) is 0 Å². The molecular weight excluding hydrogens is 961 g/mol. The Labute approximate surface area is 439 Å². The lowest BCUT2D eigenvalue weighted by molar-refractivity contribution is -0.148. The SMILES string of the molecule is CCCCCCCCCCCCCCOCCOCCOCCOCCOCCOCCOCCOCCOCCOCCOCCOCCOCCOCCOCCOCCOCCC(=O)OCC(O)CO. The number of esters is 1. The quantitative estimate of drug-likeness (QED) is 0.0642. The Bertz CT molecular complexity index is 1010. The first-order chi connectivity index (χ1) is 36.2. The van der Waals surface area contributed by atoms with Crippen molar-refractivity contribution in [2.75, 3.05) is 238 Å². The minimum absolute atomic E-state index is 0.0619. The van der Waals surface area contributed by atoms with Crippen LogP contribution in [0, 0.1) is 0 Å². The monoisotopic (exact) mass is 1060 g/mol. The van der Waals surface area contributed by atoms with Crippen LogP contribution in [0.1, 0.15) is 90.4 Å². The summed E-state index contributed by atoms with van der Waals surface area (Å²) in [7, 11) is 0. The zero-order chi connectivity index (χ0) is 52.5. The van der Waals surface area contributed by atoms with Gasteiger partial charge < -0.3 is 95.5 Å². The molecule has 73 heavy (non-hydrogen) atoms. The summed E-state index contributed by atoms with van der Waals surface area (Å²) in [6, 6.07) is 0. The first kappa shape index (κ1) is 71.7. The molecule has 0 aliphatic rings. The van der Waals surface area contributed by atoms with Crippen molar-refractivity contribution in [2.24, 2.45) is 0 Å². The molecule has 0 heterocycles. The van der Waals surface area contributed by atoms with Crippen LogP contribution >= 0.6 is 0 Å². The highest BCUT2D eigenvalue weighted by molar-refractivity contribution is 5.69. The molecule has 1 atom stereocenters. The minimum Gasteiger partial charge on any atom is -0.463 e. The summed E-state index contributed by atoms with van der Waals surface area (Å²) in [6.07, 6.45) is 15.2. The lowest BCUT2D eigenvalue weighted by Gasteiger charge is -2.09. The van der Waals surface area contributed by atoms with Gasteiger partial charge in [0.15, 0.2) is 0 Å². The van der Waals surface area contributed by atoms with Gasteiger partial charge in [0.05, 0.1) is 231 Å². The van der Waals surface area contributed by atoms with Crippen LogP contribution in [0.25, 0.3) is 0 Å². The number of aliphatic hydroxyl groups is 2. The van der Waals surface area contributed by atoms with E-state index in [2.05, 4.69) is 6.92 Å². The molecule has 0 amide bonds. The zero-order valence-electron chi connectivity index (χ0n) is 45.4. The summed E-state index contributed by atoms with van der Waals surface area (Å²) in [5, 5.41) is 17.8. The first-order valence-electron chi connectivity index (χ1n) is 27.5. The average Bonchev–Trinajstić information content (AvgIpc) is 3.40. The molecule has 0 saturated carbocycles. The van der Waals surface area contributed by atoms with Crippen LogP contribution in [-0.2, 0) is 90.1 Å². The fourth-order valence-electron chi connectivity index (χ4n) is 6.14. The van der Waals surface area contributed by atoms with Crippen molar-refractivity contribution in [3.05, 3.63) is 0 Å². The highest BCUT2D eigenvalue weighted by atomic mass is 16.6. The Balaban J connectivity index is 3.09. The Morgan fingerprint density at radius 3 is 0.699 bits per heavy atom. The van der Waals surface area contributed by atoms with Crippen LogP contribution in [-0.4, -0.2) is 260 Å². The molecule has 21 heteroatoms. The molecule has 438 valence electrons. The third kappa shape index (κ3) is 66.8. The van der Waals surface area contributed by atoms with Crippen LogP contribution in [0.5, 0.6) is 0 Å². The fraction of sp³-hybridized carbons (Fsp3) is 0.981. The van der Waals surface area contributed by atoms with Gasteiger partial charge in [-0.1, -0.05) is 77.6 Å². The van der Waals surface area contributed by atoms with Crippen molar-refractivity contribution in [2.45, 2.75) is 96.5 Å². The lowest BCUT2D eigenvalue weighted by Crippen LogP contribution is -2.22. The third-order valence-electron chi connectivity index (χ3n) is 10.2. The smallest absolute Gasteiger partial charge is 0.308 e. The second-order valence-corrected chi connectivity index (χ2v) is 16.6. The van der Waals surface area contributed by atoms with E-state index >= 15 is 0 Å². The highest BCUT2D eigenvalue weighted by Crippen LogP contribution is 2.12. The summed E-state index contributed by atoms with van der Waals surface area (Å²) >= 11 is 0. The van der Waals surface area contributed by atoms with Gasteiger partial charge in [0, 0.05) is 6.61 Å². The van der Waals surface area contributed by atoms with Crippen molar-refractivity contribution in [1.82, 2.24) is 0 Å². The number of carbonyl (C=O) groups is 1. The maximum Gasteiger partial charge on any atom is 0.308 e. The molecule has 0 aromatic carbocycles. The van der Waals surface area contributed by atoms with Crippen LogP contribution < -0.4 is 0 Å². The zero-order valence-corrected chi connectivity index (χ0v) is 45.4. The van der Waals surface area contributed by atoms with Gasteiger partial charge in [0.25, 0.3) is 0 Å². The molecule has 0 spiro atoms. The van der Waals surface area contributed by atoms with E-state index < -0.39 is 18.7 Å². The van der Waals surface area contributed by atoms with E-state index in [1.165, 1.54) is 70.6 Å². The molecule has 21 nitrogen and oxygen atoms in total. The number of unbranched alkanes of at least 4 members (excludes halogenated alkanes) is 11. The van der Waals surface area contributed by atoms with E-state index in [9.17, 15) is 4.79 Å². The maximum atomic E-state index is 11.4. The van der Waals surface area contributed by atoms with Crippen LogP contribution in [0.2, 0.25) is 0 Å². The van der Waals surface area contributed by atoms with Crippen molar-refractivity contribution in [3.8, 4) is 0 Å². The van der Waals surface area contributed by atoms with Crippen LogP contribution in [0.15, 0.2) is 0 Å². The van der Waals surface area contributed by atoms with Gasteiger partial charge in [-0.3, -0.25) is 4.79 Å². The van der Waals surface area contributed by atoms with Crippen molar-refractivity contribution in [1.29, 1.82) is 0 Å². The number of rotatable bonds is 67. The normalized spacial score (nSPS) is 12.1. The standard InChI is InChI=1S/C52H104O21/c1-2-3-4-5-6-7-8-9-10-11-12-13-15-56-17-19-58-21-23-60-25-27-62-29-31-64-33-35-66-37-39-68-41-43-70-45-47-72-48-46-71-44-42-69-40-38-67-36-34-65-32-30-63-28-26-61-24-22-59-20-18-57-16-14-52(55)73-50-51(54)49-53/h51,53-54H,2-50H2,1H3. The summed E-state index contributed by atoms with van der Waals surface area (Å²) in [4.78, 5) is 11.4. The topological polar surface area (TPSA) is 224 Å². The first-order valence-corrected chi connectivity index (χ1v) is 27.5. The molecule has 0 aliphatic heterocycles. The highest BCUT2D eigenvalue weighted by Gasteiger charge is 2.08. The molecule has 0 aromatic heterocycles. The average molecular weight is 1070 g/mol. The predicted molar refractivity (Wildman–Crippen MR) is 274 cm³/mol. The third-order valence-corrected chi connectivity index (χ3v) is 10.2. The molecule has 2 N–H and O–H groups in total. The largest absolute Gasteiger partial charge is 0.463 e. The Morgan fingerprint density at radius 2 is 0.479 bits per heavy atom. The van der Waals surface area contributed by atoms with Gasteiger partial charge in [-0.05, 0) is 6.42 Å². The number of carbonyl (C=O) groups excluding carboxylic acids is 1. The second kappa shape index (κ2) is 66.8. The van der Waals surface area contributed by atoms with Gasteiger partial charge in [0.2, 0.25) is 0 Å². The molecule has 0 aliphatic carbocycles. The Hall–Kier alpha value is -1.29. The van der Waals surface area contributed by atoms with E-state index in [0.717, 1.165) is 13.0 Å². The predicted octanol–water partition coefficient (Wildman–Crippen LogP) is 4.26. The summed E-state index contributed by atoms with van der Waals surface area (Å²) in [5.41, 5.74) is 0. The summed E-state index contributed by atoms with van der Waals surface area (Å²) < 4.78 is 98.3. The number of ether oxygens (including phenoxy) is 18. The summed E-state index contributed by atoms with van der Waals surface area (Å²) in [5.74, 6) is -0.499. The van der Waals surface area contributed by atoms with Crippen LogP contribution in [0.3, 0.4) is 0 Å². The van der Waals surface area contributed by atoms with E-state index in [0.29, 0.717) is 211 Å². The maximum absolute atomic E-state index is 11.4. The van der Waals surface area contributed by atoms with Gasteiger partial charge in [-0.2, -0.15) is 0 Å². The van der Waals surface area contributed by atoms with E-state index in [-0.39, 0.29) is 19.6 Å². The van der Waals surface area contributed by atoms with E-state index in [1.807, 2.05) is 0 Å². The number of aliphatic hydroxyl groups excluding tert-OH is 2. The second-order valence-electron chi connectivity index (χ2n) is 16.6. The molecule has 0 saturated heterocycles. The molecule has 0 aromatic rings. The lowest BCUT2D eigenvalue weighted by atomic mass is 10.1. The van der Waals surface area contributed by atoms with Gasteiger partial charge >= 0.3 is 5.97 Å². The molecular formula is C52H104O21.